The molecule has 0 saturated carbocycles. The Labute approximate surface area is 119 Å². The summed E-state index contributed by atoms with van der Waals surface area (Å²) >= 11 is 5.85. The van der Waals surface area contributed by atoms with Gasteiger partial charge in [0.15, 0.2) is 0 Å². The van der Waals surface area contributed by atoms with Crippen LogP contribution >= 0.6 is 11.6 Å². The van der Waals surface area contributed by atoms with Crippen molar-refractivity contribution in [3.63, 3.8) is 0 Å². The molecule has 1 N–H and O–H groups in total. The van der Waals surface area contributed by atoms with Crippen LogP contribution < -0.4 is 10.1 Å². The molecule has 2 heterocycles. The van der Waals surface area contributed by atoms with E-state index in [0.29, 0.717) is 0 Å². The molecule has 1 aromatic carbocycles. The molecule has 3 rings (SSSR count). The number of halogens is 1. The lowest BCUT2D eigenvalue weighted by Gasteiger charge is -2.34. The lowest BCUT2D eigenvalue weighted by atomic mass is 9.93. The predicted molar refractivity (Wildman–Crippen MR) is 77.9 cm³/mol. The summed E-state index contributed by atoms with van der Waals surface area (Å²) in [5.74, 6) is 1.76. The molecule has 2 saturated heterocycles. The van der Waals surface area contributed by atoms with Crippen molar-refractivity contribution in [3.8, 4) is 5.75 Å². The van der Waals surface area contributed by atoms with Gasteiger partial charge in [0.05, 0.1) is 0 Å². The number of nitrogens with one attached hydrogen (secondary N) is 1. The number of hydrogen-bond donors (Lipinski definition) is 1. The molecule has 0 amide bonds. The van der Waals surface area contributed by atoms with Gasteiger partial charge in [-0.3, -0.25) is 4.90 Å². The van der Waals surface area contributed by atoms with Gasteiger partial charge in [0, 0.05) is 24.2 Å². The van der Waals surface area contributed by atoms with E-state index in [4.69, 9.17) is 16.3 Å². The van der Waals surface area contributed by atoms with Gasteiger partial charge in [-0.15, -0.1) is 0 Å². The Morgan fingerprint density at radius 2 is 2.11 bits per heavy atom. The number of ether oxygens (including phenoxy) is 1. The summed E-state index contributed by atoms with van der Waals surface area (Å²) in [6.07, 6.45) is 2.62. The second-order valence-corrected chi connectivity index (χ2v) is 5.94. The summed E-state index contributed by atoms with van der Waals surface area (Å²) < 4.78 is 5.76. The monoisotopic (exact) mass is 280 g/mol. The summed E-state index contributed by atoms with van der Waals surface area (Å²) in [6, 6.07) is 8.36. The molecule has 2 fully saturated rings. The molecule has 2 aliphatic rings. The van der Waals surface area contributed by atoms with Crippen molar-refractivity contribution in [2.24, 2.45) is 5.92 Å². The highest BCUT2D eigenvalue weighted by Gasteiger charge is 2.32. The first kappa shape index (κ1) is 13.2. The Hall–Kier alpha value is -0.770. The van der Waals surface area contributed by atoms with Crippen LogP contribution in [0.1, 0.15) is 12.8 Å². The summed E-state index contributed by atoms with van der Waals surface area (Å²) in [4.78, 5) is 2.53. The minimum Gasteiger partial charge on any atom is -0.492 e. The first-order valence-corrected chi connectivity index (χ1v) is 7.53. The van der Waals surface area contributed by atoms with Crippen LogP contribution in [-0.4, -0.2) is 43.7 Å². The smallest absolute Gasteiger partial charge is 0.119 e. The number of benzene rings is 1. The highest BCUT2D eigenvalue weighted by atomic mass is 35.5. The van der Waals surface area contributed by atoms with Gasteiger partial charge in [-0.05, 0) is 56.1 Å². The van der Waals surface area contributed by atoms with Crippen molar-refractivity contribution in [1.29, 1.82) is 0 Å². The van der Waals surface area contributed by atoms with E-state index >= 15 is 0 Å². The van der Waals surface area contributed by atoms with E-state index in [-0.39, 0.29) is 0 Å². The summed E-state index contributed by atoms with van der Waals surface area (Å²) in [5, 5.41) is 4.35. The molecule has 0 aromatic heterocycles. The normalized spacial score (nSPS) is 27.2. The van der Waals surface area contributed by atoms with Crippen molar-refractivity contribution in [2.75, 3.05) is 32.8 Å². The summed E-state index contributed by atoms with van der Waals surface area (Å²) in [6.45, 7) is 5.39. The zero-order chi connectivity index (χ0) is 13.1. The van der Waals surface area contributed by atoms with E-state index in [2.05, 4.69) is 10.2 Å². The summed E-state index contributed by atoms with van der Waals surface area (Å²) in [5.41, 5.74) is 0. The minimum absolute atomic E-state index is 0.753. The molecule has 104 valence electrons. The third-order valence-corrected chi connectivity index (χ3v) is 4.48. The Morgan fingerprint density at radius 1 is 1.26 bits per heavy atom. The fourth-order valence-electron chi connectivity index (χ4n) is 3.15. The average molecular weight is 281 g/mol. The zero-order valence-corrected chi connectivity index (χ0v) is 11.9. The molecule has 19 heavy (non-hydrogen) atoms. The van der Waals surface area contributed by atoms with E-state index in [1.165, 1.54) is 32.5 Å². The second-order valence-electron chi connectivity index (χ2n) is 5.50. The quantitative estimate of drug-likeness (QED) is 0.917. The van der Waals surface area contributed by atoms with E-state index < -0.39 is 0 Å². The van der Waals surface area contributed by atoms with Crippen LogP contribution in [0.25, 0.3) is 0 Å². The maximum absolute atomic E-state index is 5.85. The maximum atomic E-state index is 5.85. The second kappa shape index (κ2) is 6.12. The standard InChI is InChI=1S/C15H21ClN2O/c16-13-1-3-14(4-2-13)19-10-9-18-8-6-15-12(11-18)5-7-17-15/h1-4,12,15,17H,5-11H2. The number of rotatable bonds is 4. The molecule has 1 aromatic rings. The molecule has 0 bridgehead atoms. The van der Waals surface area contributed by atoms with E-state index in [1.807, 2.05) is 24.3 Å². The van der Waals surface area contributed by atoms with Crippen LogP contribution in [0.15, 0.2) is 24.3 Å². The first-order chi connectivity index (χ1) is 9.31. The molecule has 2 unspecified atom stereocenters. The molecule has 0 radical (unpaired) electrons. The van der Waals surface area contributed by atoms with Crippen molar-refractivity contribution in [2.45, 2.75) is 18.9 Å². The Bertz CT molecular complexity index is 409. The zero-order valence-electron chi connectivity index (χ0n) is 11.1. The first-order valence-electron chi connectivity index (χ1n) is 7.15. The van der Waals surface area contributed by atoms with Crippen LogP contribution in [0, 0.1) is 5.92 Å². The minimum atomic E-state index is 0.753. The lowest BCUT2D eigenvalue weighted by molar-refractivity contribution is 0.138. The van der Waals surface area contributed by atoms with Gasteiger partial charge >= 0.3 is 0 Å². The molecule has 0 spiro atoms. The van der Waals surface area contributed by atoms with E-state index in [0.717, 1.165) is 35.9 Å². The van der Waals surface area contributed by atoms with Gasteiger partial charge in [0.25, 0.3) is 0 Å². The molecule has 0 aliphatic carbocycles. The van der Waals surface area contributed by atoms with Crippen LogP contribution in [0.3, 0.4) is 0 Å². The highest BCUT2D eigenvalue weighted by molar-refractivity contribution is 6.30. The van der Waals surface area contributed by atoms with Crippen LogP contribution in [0.4, 0.5) is 0 Å². The molecule has 4 heteroatoms. The number of nitrogens with zero attached hydrogens (tertiary/aromatic N) is 1. The van der Waals surface area contributed by atoms with Gasteiger partial charge in [0.1, 0.15) is 12.4 Å². The topological polar surface area (TPSA) is 24.5 Å². The SMILES string of the molecule is Clc1ccc(OCCN2CCC3NCCC3C2)cc1. The van der Waals surface area contributed by atoms with Gasteiger partial charge in [0.2, 0.25) is 0 Å². The van der Waals surface area contributed by atoms with Crippen LogP contribution in [0.2, 0.25) is 5.02 Å². The van der Waals surface area contributed by atoms with E-state index in [1.54, 1.807) is 0 Å². The van der Waals surface area contributed by atoms with Crippen LogP contribution in [-0.2, 0) is 0 Å². The van der Waals surface area contributed by atoms with Crippen molar-refractivity contribution in [3.05, 3.63) is 29.3 Å². The van der Waals surface area contributed by atoms with E-state index in [9.17, 15) is 0 Å². The largest absolute Gasteiger partial charge is 0.492 e. The Balaban J connectivity index is 1.41. The number of piperidine rings is 1. The number of hydrogen-bond acceptors (Lipinski definition) is 3. The molecular weight excluding hydrogens is 260 g/mol. The third-order valence-electron chi connectivity index (χ3n) is 4.23. The van der Waals surface area contributed by atoms with Crippen LogP contribution in [0.5, 0.6) is 5.75 Å². The van der Waals surface area contributed by atoms with Gasteiger partial charge in [-0.2, -0.15) is 0 Å². The maximum Gasteiger partial charge on any atom is 0.119 e. The van der Waals surface area contributed by atoms with Crippen molar-refractivity contribution in [1.82, 2.24) is 10.2 Å². The third kappa shape index (κ3) is 3.41. The van der Waals surface area contributed by atoms with Gasteiger partial charge in [-0.1, -0.05) is 11.6 Å². The number of fused-ring (bicyclic) bond motifs is 1. The molecule has 2 aliphatic heterocycles. The summed E-state index contributed by atoms with van der Waals surface area (Å²) in [7, 11) is 0. The fraction of sp³-hybridized carbons (Fsp3) is 0.600. The average Bonchev–Trinajstić information content (AvgIpc) is 2.88. The lowest BCUT2D eigenvalue weighted by Crippen LogP contribution is -2.45. The predicted octanol–water partition coefficient (Wildman–Crippen LogP) is 2.40. The van der Waals surface area contributed by atoms with Crippen molar-refractivity contribution < 1.29 is 4.74 Å². The Morgan fingerprint density at radius 3 is 2.95 bits per heavy atom. The van der Waals surface area contributed by atoms with Gasteiger partial charge < -0.3 is 10.1 Å². The Kier molecular flexibility index (Phi) is 4.26. The molecular formula is C15H21ClN2O. The molecule has 3 nitrogen and oxygen atoms in total. The molecule has 2 atom stereocenters. The fourth-order valence-corrected chi connectivity index (χ4v) is 3.28. The van der Waals surface area contributed by atoms with Gasteiger partial charge in [-0.25, -0.2) is 0 Å². The van der Waals surface area contributed by atoms with Crippen molar-refractivity contribution >= 4 is 11.6 Å². The highest BCUT2D eigenvalue weighted by Crippen LogP contribution is 2.24. The number of likely N-dealkylation sites (tertiary alicyclic amines) is 1.